The lowest BCUT2D eigenvalue weighted by atomic mass is 9.92. The SMILES string of the molecule is Cc1c(OC(C)(C)C)ccc2c1N(C(N)=O)C(C)(C)C=C2. The zero-order valence-electron chi connectivity index (χ0n) is 13.7. The number of nitrogens with two attached hydrogens (primary N) is 1. The van der Waals surface area contributed by atoms with Crippen LogP contribution in [0.5, 0.6) is 5.75 Å². The lowest BCUT2D eigenvalue weighted by Gasteiger charge is -2.40. The molecule has 0 saturated carbocycles. The molecule has 0 aliphatic carbocycles. The normalized spacial score (nSPS) is 16.6. The highest BCUT2D eigenvalue weighted by Gasteiger charge is 2.34. The average Bonchev–Trinajstić information content (AvgIpc) is 2.30. The fourth-order valence-electron chi connectivity index (χ4n) is 2.62. The molecule has 0 aromatic heterocycles. The van der Waals surface area contributed by atoms with Crippen molar-refractivity contribution in [3.8, 4) is 5.75 Å². The molecule has 0 saturated heterocycles. The van der Waals surface area contributed by atoms with Crippen molar-refractivity contribution < 1.29 is 9.53 Å². The molecule has 1 aliphatic rings. The highest BCUT2D eigenvalue weighted by molar-refractivity contribution is 5.98. The molecule has 0 unspecified atom stereocenters. The maximum Gasteiger partial charge on any atom is 0.320 e. The first-order valence-electron chi connectivity index (χ1n) is 7.14. The van der Waals surface area contributed by atoms with Crippen molar-refractivity contribution in [1.82, 2.24) is 0 Å². The maximum absolute atomic E-state index is 12.0. The van der Waals surface area contributed by atoms with Crippen molar-refractivity contribution in [2.45, 2.75) is 52.7 Å². The number of rotatable bonds is 1. The van der Waals surface area contributed by atoms with Crippen LogP contribution in [0.2, 0.25) is 0 Å². The van der Waals surface area contributed by atoms with Gasteiger partial charge in [0.05, 0.1) is 11.2 Å². The minimum Gasteiger partial charge on any atom is -0.488 e. The summed E-state index contributed by atoms with van der Waals surface area (Å²) in [6.07, 6.45) is 4.02. The second-order valence-electron chi connectivity index (χ2n) is 7.00. The van der Waals surface area contributed by atoms with Gasteiger partial charge < -0.3 is 10.5 Å². The van der Waals surface area contributed by atoms with Gasteiger partial charge in [0.25, 0.3) is 0 Å². The first-order valence-corrected chi connectivity index (χ1v) is 7.14. The molecular weight excluding hydrogens is 264 g/mol. The summed E-state index contributed by atoms with van der Waals surface area (Å²) < 4.78 is 5.99. The van der Waals surface area contributed by atoms with E-state index in [1.807, 2.05) is 65.8 Å². The van der Waals surface area contributed by atoms with Gasteiger partial charge >= 0.3 is 6.03 Å². The molecule has 21 heavy (non-hydrogen) atoms. The number of urea groups is 1. The standard InChI is InChI=1S/C17H24N2O2/c1-11-13(21-16(2,3)4)8-7-12-9-10-17(5,6)19(14(11)12)15(18)20/h7-10H,1-6H3,(H2,18,20). The fraction of sp³-hybridized carbons (Fsp3) is 0.471. The second kappa shape index (κ2) is 4.79. The Kier molecular flexibility index (Phi) is 3.52. The van der Waals surface area contributed by atoms with Gasteiger partial charge in [0.15, 0.2) is 0 Å². The lowest BCUT2D eigenvalue weighted by molar-refractivity contribution is 0.130. The number of carbonyl (C=O) groups excluding carboxylic acids is 1. The van der Waals surface area contributed by atoms with E-state index in [-0.39, 0.29) is 5.60 Å². The quantitative estimate of drug-likeness (QED) is 0.853. The van der Waals surface area contributed by atoms with Crippen molar-refractivity contribution >= 4 is 17.8 Å². The lowest BCUT2D eigenvalue weighted by Crippen LogP contribution is -2.51. The van der Waals surface area contributed by atoms with Crippen LogP contribution in [-0.2, 0) is 0 Å². The van der Waals surface area contributed by atoms with E-state index in [1.165, 1.54) is 0 Å². The van der Waals surface area contributed by atoms with Gasteiger partial charge in [-0.15, -0.1) is 0 Å². The topological polar surface area (TPSA) is 55.6 Å². The van der Waals surface area contributed by atoms with E-state index in [0.717, 1.165) is 22.6 Å². The molecule has 0 bridgehead atoms. The highest BCUT2D eigenvalue weighted by Crippen LogP contribution is 2.41. The number of fused-ring (bicyclic) bond motifs is 1. The van der Waals surface area contributed by atoms with Crippen LogP contribution < -0.4 is 15.4 Å². The first-order chi connectivity index (χ1) is 9.53. The van der Waals surface area contributed by atoms with E-state index in [1.54, 1.807) is 4.90 Å². The minimum atomic E-state index is -0.457. The summed E-state index contributed by atoms with van der Waals surface area (Å²) in [6.45, 7) is 11.9. The van der Waals surface area contributed by atoms with Crippen LogP contribution in [0.4, 0.5) is 10.5 Å². The third kappa shape index (κ3) is 2.89. The summed E-state index contributed by atoms with van der Waals surface area (Å²) in [5, 5.41) is 0. The van der Waals surface area contributed by atoms with Crippen molar-refractivity contribution in [3.63, 3.8) is 0 Å². The van der Waals surface area contributed by atoms with Gasteiger partial charge in [-0.25, -0.2) is 4.79 Å². The van der Waals surface area contributed by atoms with Crippen LogP contribution >= 0.6 is 0 Å². The fourth-order valence-corrected chi connectivity index (χ4v) is 2.62. The average molecular weight is 288 g/mol. The predicted molar refractivity (Wildman–Crippen MR) is 86.7 cm³/mol. The Morgan fingerprint density at radius 2 is 1.90 bits per heavy atom. The van der Waals surface area contributed by atoms with Gasteiger partial charge in [0.2, 0.25) is 0 Å². The minimum absolute atomic E-state index is 0.295. The zero-order chi connectivity index (χ0) is 16.0. The number of hydrogen-bond acceptors (Lipinski definition) is 2. The highest BCUT2D eigenvalue weighted by atomic mass is 16.5. The van der Waals surface area contributed by atoms with Gasteiger partial charge in [-0.1, -0.05) is 12.2 Å². The van der Waals surface area contributed by atoms with E-state index < -0.39 is 11.6 Å². The Morgan fingerprint density at radius 3 is 2.43 bits per heavy atom. The number of carbonyl (C=O) groups is 1. The van der Waals surface area contributed by atoms with Crippen molar-refractivity contribution in [2.24, 2.45) is 5.73 Å². The van der Waals surface area contributed by atoms with E-state index in [9.17, 15) is 4.79 Å². The third-order valence-corrected chi connectivity index (χ3v) is 3.52. The molecule has 4 nitrogen and oxygen atoms in total. The summed E-state index contributed by atoms with van der Waals surface area (Å²) in [5.41, 5.74) is 7.60. The van der Waals surface area contributed by atoms with Gasteiger partial charge in [-0.3, -0.25) is 4.90 Å². The zero-order valence-corrected chi connectivity index (χ0v) is 13.7. The first kappa shape index (κ1) is 15.4. The summed E-state index contributed by atoms with van der Waals surface area (Å²) in [6, 6.07) is 3.45. The molecule has 2 N–H and O–H groups in total. The summed E-state index contributed by atoms with van der Waals surface area (Å²) >= 11 is 0. The van der Waals surface area contributed by atoms with Crippen LogP contribution in [-0.4, -0.2) is 17.2 Å². The molecule has 0 atom stereocenters. The molecular formula is C17H24N2O2. The number of primary amides is 1. The predicted octanol–water partition coefficient (Wildman–Crippen LogP) is 3.86. The van der Waals surface area contributed by atoms with Gasteiger partial charge in [-0.2, -0.15) is 0 Å². The van der Waals surface area contributed by atoms with Crippen molar-refractivity contribution in [3.05, 3.63) is 29.3 Å². The summed E-state index contributed by atoms with van der Waals surface area (Å²) in [5.74, 6) is 0.776. The van der Waals surface area contributed by atoms with Crippen LogP contribution in [0.1, 0.15) is 45.7 Å². The Balaban J connectivity index is 2.61. The largest absolute Gasteiger partial charge is 0.488 e. The smallest absolute Gasteiger partial charge is 0.320 e. The number of benzene rings is 1. The molecule has 4 heteroatoms. The van der Waals surface area contributed by atoms with Crippen LogP contribution in [0.15, 0.2) is 18.2 Å². The number of ether oxygens (including phenoxy) is 1. The molecule has 0 spiro atoms. The Morgan fingerprint density at radius 1 is 1.29 bits per heavy atom. The monoisotopic (exact) mass is 288 g/mol. The molecule has 0 fully saturated rings. The molecule has 114 valence electrons. The molecule has 2 rings (SSSR count). The maximum atomic E-state index is 12.0. The van der Waals surface area contributed by atoms with Gasteiger partial charge in [-0.05, 0) is 59.2 Å². The van der Waals surface area contributed by atoms with E-state index in [0.29, 0.717) is 0 Å². The Bertz CT molecular complexity index is 610. The Hall–Kier alpha value is -1.97. The van der Waals surface area contributed by atoms with E-state index >= 15 is 0 Å². The molecule has 1 aromatic rings. The van der Waals surface area contributed by atoms with Crippen LogP contribution in [0.3, 0.4) is 0 Å². The molecule has 1 heterocycles. The van der Waals surface area contributed by atoms with Crippen LogP contribution in [0, 0.1) is 6.92 Å². The summed E-state index contributed by atoms with van der Waals surface area (Å²) in [4.78, 5) is 13.6. The number of amides is 2. The third-order valence-electron chi connectivity index (χ3n) is 3.52. The summed E-state index contributed by atoms with van der Waals surface area (Å²) in [7, 11) is 0. The number of nitrogens with zero attached hydrogens (tertiary/aromatic N) is 1. The number of hydrogen-bond donors (Lipinski definition) is 1. The van der Waals surface area contributed by atoms with Crippen molar-refractivity contribution in [1.29, 1.82) is 0 Å². The van der Waals surface area contributed by atoms with E-state index in [2.05, 4.69) is 0 Å². The molecule has 1 aromatic carbocycles. The van der Waals surface area contributed by atoms with Gasteiger partial charge in [0.1, 0.15) is 11.4 Å². The van der Waals surface area contributed by atoms with Crippen LogP contribution in [0.25, 0.3) is 6.08 Å². The molecule has 1 aliphatic heterocycles. The van der Waals surface area contributed by atoms with Gasteiger partial charge in [0, 0.05) is 5.56 Å². The molecule has 0 radical (unpaired) electrons. The second-order valence-corrected chi connectivity index (χ2v) is 7.00. The van der Waals surface area contributed by atoms with Crippen molar-refractivity contribution in [2.75, 3.05) is 4.90 Å². The van der Waals surface area contributed by atoms with E-state index in [4.69, 9.17) is 10.5 Å². The number of anilines is 1. The molecule has 2 amide bonds. The Labute approximate surface area is 126 Å².